The monoisotopic (exact) mass is 240 g/mol. The van der Waals surface area contributed by atoms with Gasteiger partial charge in [-0.25, -0.2) is 4.98 Å². The summed E-state index contributed by atoms with van der Waals surface area (Å²) in [5.74, 6) is 0. The van der Waals surface area contributed by atoms with Crippen LogP contribution in [0.25, 0.3) is 11.0 Å². The Labute approximate surface area is 103 Å². The smallest absolute Gasteiger partial charge is 0.152 e. The Morgan fingerprint density at radius 3 is 3.33 bits per heavy atom. The molecule has 0 spiro atoms. The molecular formula is C13H12N4O. The number of imidazole rings is 1. The number of hydrogen-bond donors (Lipinski definition) is 2. The van der Waals surface area contributed by atoms with Gasteiger partial charge in [-0.2, -0.15) is 0 Å². The van der Waals surface area contributed by atoms with Crippen LogP contribution in [0.2, 0.25) is 0 Å². The van der Waals surface area contributed by atoms with Crippen LogP contribution >= 0.6 is 0 Å². The summed E-state index contributed by atoms with van der Waals surface area (Å²) < 4.78 is 5.31. The van der Waals surface area contributed by atoms with Crippen molar-refractivity contribution in [1.29, 1.82) is 0 Å². The van der Waals surface area contributed by atoms with Crippen molar-refractivity contribution in [2.75, 3.05) is 6.54 Å². The van der Waals surface area contributed by atoms with Gasteiger partial charge >= 0.3 is 0 Å². The van der Waals surface area contributed by atoms with E-state index >= 15 is 0 Å². The summed E-state index contributed by atoms with van der Waals surface area (Å²) in [6, 6.07) is 4.08. The molecule has 3 aromatic heterocycles. The van der Waals surface area contributed by atoms with E-state index in [0.29, 0.717) is 0 Å². The molecule has 0 saturated carbocycles. The highest BCUT2D eigenvalue weighted by atomic mass is 16.3. The van der Waals surface area contributed by atoms with Crippen molar-refractivity contribution in [2.45, 2.75) is 12.5 Å². The standard InChI is InChI=1S/C13H12N4O/c1-3-14-13(12-9(1)16-7-17-12)10-5-8-2-4-18-11(8)6-15-10/h2,4-7,13-14H,1,3H2,(H,16,17). The lowest BCUT2D eigenvalue weighted by Gasteiger charge is -2.22. The van der Waals surface area contributed by atoms with E-state index in [2.05, 4.69) is 26.3 Å². The van der Waals surface area contributed by atoms with Crippen LogP contribution in [0.5, 0.6) is 0 Å². The molecule has 0 saturated heterocycles. The molecule has 0 amide bonds. The number of fused-ring (bicyclic) bond motifs is 2. The van der Waals surface area contributed by atoms with Crippen molar-refractivity contribution < 1.29 is 4.42 Å². The molecule has 18 heavy (non-hydrogen) atoms. The van der Waals surface area contributed by atoms with Crippen LogP contribution in [0.15, 0.2) is 35.3 Å². The Balaban J connectivity index is 1.84. The molecular weight excluding hydrogens is 228 g/mol. The minimum absolute atomic E-state index is 0.0688. The molecule has 1 unspecified atom stereocenters. The van der Waals surface area contributed by atoms with Gasteiger partial charge in [-0.1, -0.05) is 0 Å². The summed E-state index contributed by atoms with van der Waals surface area (Å²) in [7, 11) is 0. The SMILES string of the molecule is c1nc2c([nH]1)CCNC2c1cc2ccoc2cn1. The average Bonchev–Trinajstić information content (AvgIpc) is 3.05. The molecule has 0 bridgehead atoms. The minimum atomic E-state index is 0.0688. The van der Waals surface area contributed by atoms with Gasteiger partial charge in [0.25, 0.3) is 0 Å². The van der Waals surface area contributed by atoms with Crippen LogP contribution < -0.4 is 5.32 Å². The Kier molecular flexibility index (Phi) is 2.01. The maximum Gasteiger partial charge on any atom is 0.152 e. The Bertz CT molecular complexity index is 700. The Morgan fingerprint density at radius 2 is 2.33 bits per heavy atom. The summed E-state index contributed by atoms with van der Waals surface area (Å²) in [6.45, 7) is 0.935. The summed E-state index contributed by atoms with van der Waals surface area (Å²) in [6.07, 6.45) is 6.19. The lowest BCUT2D eigenvalue weighted by atomic mass is 10.0. The zero-order chi connectivity index (χ0) is 11.9. The van der Waals surface area contributed by atoms with Crippen molar-refractivity contribution in [2.24, 2.45) is 0 Å². The van der Waals surface area contributed by atoms with E-state index in [1.807, 2.05) is 6.07 Å². The predicted octanol–water partition coefficient (Wildman–Crippen LogP) is 1.79. The van der Waals surface area contributed by atoms with E-state index in [4.69, 9.17) is 4.42 Å². The third kappa shape index (κ3) is 1.37. The average molecular weight is 240 g/mol. The molecule has 0 fully saturated rings. The second kappa shape index (κ2) is 3.68. The molecule has 90 valence electrons. The molecule has 5 heteroatoms. The highest BCUT2D eigenvalue weighted by molar-refractivity contribution is 5.76. The molecule has 3 aromatic rings. The first kappa shape index (κ1) is 9.85. The number of rotatable bonds is 1. The highest BCUT2D eigenvalue weighted by Gasteiger charge is 2.24. The highest BCUT2D eigenvalue weighted by Crippen LogP contribution is 2.26. The molecule has 0 aromatic carbocycles. The molecule has 1 aliphatic rings. The largest absolute Gasteiger partial charge is 0.463 e. The van der Waals surface area contributed by atoms with Crippen LogP contribution in [-0.2, 0) is 6.42 Å². The molecule has 0 radical (unpaired) electrons. The van der Waals surface area contributed by atoms with Gasteiger partial charge in [-0.15, -0.1) is 0 Å². The van der Waals surface area contributed by atoms with Gasteiger partial charge in [0.1, 0.15) is 0 Å². The van der Waals surface area contributed by atoms with Gasteiger partial charge in [-0.05, 0) is 12.1 Å². The van der Waals surface area contributed by atoms with Crippen molar-refractivity contribution in [1.82, 2.24) is 20.3 Å². The van der Waals surface area contributed by atoms with E-state index in [-0.39, 0.29) is 6.04 Å². The van der Waals surface area contributed by atoms with Crippen molar-refractivity contribution >= 4 is 11.0 Å². The topological polar surface area (TPSA) is 66.7 Å². The van der Waals surface area contributed by atoms with E-state index in [9.17, 15) is 0 Å². The molecule has 2 N–H and O–H groups in total. The number of pyridine rings is 1. The molecule has 0 aliphatic carbocycles. The van der Waals surface area contributed by atoms with Crippen LogP contribution in [0.3, 0.4) is 0 Å². The quantitative estimate of drug-likeness (QED) is 0.680. The Morgan fingerprint density at radius 1 is 1.33 bits per heavy atom. The Hall–Kier alpha value is -2.14. The first-order chi connectivity index (χ1) is 8.92. The van der Waals surface area contributed by atoms with Crippen molar-refractivity contribution in [3.05, 3.63) is 48.0 Å². The summed E-state index contributed by atoms with van der Waals surface area (Å²) in [5, 5.41) is 4.53. The fraction of sp³-hybridized carbons (Fsp3) is 0.231. The van der Waals surface area contributed by atoms with Gasteiger partial charge < -0.3 is 14.7 Å². The lowest BCUT2D eigenvalue weighted by molar-refractivity contribution is 0.543. The van der Waals surface area contributed by atoms with Gasteiger partial charge in [-0.3, -0.25) is 4.98 Å². The first-order valence-corrected chi connectivity index (χ1v) is 6.00. The molecule has 5 nitrogen and oxygen atoms in total. The van der Waals surface area contributed by atoms with Crippen LogP contribution in [0.1, 0.15) is 23.1 Å². The van der Waals surface area contributed by atoms with Gasteiger partial charge in [0.15, 0.2) is 5.58 Å². The van der Waals surface area contributed by atoms with E-state index in [0.717, 1.165) is 35.3 Å². The summed E-state index contributed by atoms with van der Waals surface area (Å²) >= 11 is 0. The number of aromatic nitrogens is 3. The van der Waals surface area contributed by atoms with E-state index in [1.54, 1.807) is 18.8 Å². The maximum atomic E-state index is 5.31. The van der Waals surface area contributed by atoms with Gasteiger partial charge in [0.2, 0.25) is 0 Å². The molecule has 4 heterocycles. The molecule has 1 aliphatic heterocycles. The minimum Gasteiger partial charge on any atom is -0.463 e. The van der Waals surface area contributed by atoms with Crippen LogP contribution in [-0.4, -0.2) is 21.5 Å². The third-order valence-electron chi connectivity index (χ3n) is 3.41. The second-order valence-electron chi connectivity index (χ2n) is 4.47. The summed E-state index contributed by atoms with van der Waals surface area (Å²) in [4.78, 5) is 12.1. The van der Waals surface area contributed by atoms with Gasteiger partial charge in [0.05, 0.1) is 36.2 Å². The first-order valence-electron chi connectivity index (χ1n) is 6.00. The van der Waals surface area contributed by atoms with E-state index < -0.39 is 0 Å². The van der Waals surface area contributed by atoms with Crippen molar-refractivity contribution in [3.8, 4) is 0 Å². The molecule has 1 atom stereocenters. The predicted molar refractivity (Wildman–Crippen MR) is 66.1 cm³/mol. The normalized spacial score (nSPS) is 19.0. The third-order valence-corrected chi connectivity index (χ3v) is 3.41. The van der Waals surface area contributed by atoms with Crippen molar-refractivity contribution in [3.63, 3.8) is 0 Å². The zero-order valence-corrected chi connectivity index (χ0v) is 9.68. The number of furan rings is 1. The van der Waals surface area contributed by atoms with Gasteiger partial charge in [0, 0.05) is 24.0 Å². The van der Waals surface area contributed by atoms with Crippen LogP contribution in [0, 0.1) is 0 Å². The lowest BCUT2D eigenvalue weighted by Crippen LogP contribution is -2.31. The zero-order valence-electron chi connectivity index (χ0n) is 9.68. The maximum absolute atomic E-state index is 5.31. The number of aromatic amines is 1. The van der Waals surface area contributed by atoms with Crippen LogP contribution in [0.4, 0.5) is 0 Å². The number of H-pyrrole nitrogens is 1. The number of hydrogen-bond acceptors (Lipinski definition) is 4. The van der Waals surface area contributed by atoms with E-state index in [1.165, 1.54) is 5.69 Å². The number of nitrogens with zero attached hydrogens (tertiary/aromatic N) is 2. The molecule has 4 rings (SSSR count). The number of nitrogens with one attached hydrogen (secondary N) is 2. The fourth-order valence-electron chi connectivity index (χ4n) is 2.51. The second-order valence-corrected chi connectivity index (χ2v) is 4.47. The fourth-order valence-corrected chi connectivity index (χ4v) is 2.51. The summed E-state index contributed by atoms with van der Waals surface area (Å²) in [5.41, 5.74) is 4.05.